The fourth-order valence-electron chi connectivity index (χ4n) is 3.66. The van der Waals surface area contributed by atoms with E-state index in [2.05, 4.69) is 25.6 Å². The minimum Gasteiger partial charge on any atom is -0.497 e. The second-order valence-corrected chi connectivity index (χ2v) is 9.21. The lowest BCUT2D eigenvalue weighted by Gasteiger charge is -2.15. The van der Waals surface area contributed by atoms with E-state index in [4.69, 9.17) is 9.84 Å². The summed E-state index contributed by atoms with van der Waals surface area (Å²) in [5.41, 5.74) is -1.32. The van der Waals surface area contributed by atoms with Gasteiger partial charge in [0.1, 0.15) is 22.6 Å². The third-order valence-electron chi connectivity index (χ3n) is 5.45. The van der Waals surface area contributed by atoms with Crippen molar-refractivity contribution in [1.82, 2.24) is 15.3 Å². The molecule has 196 valence electrons. The number of hydrogen-bond donors (Lipinski definition) is 6. The summed E-state index contributed by atoms with van der Waals surface area (Å²) in [6.45, 7) is 0. The van der Waals surface area contributed by atoms with Crippen LogP contribution < -0.4 is 26.6 Å². The van der Waals surface area contributed by atoms with Gasteiger partial charge in [-0.2, -0.15) is 0 Å². The zero-order valence-electron chi connectivity index (χ0n) is 19.7. The van der Waals surface area contributed by atoms with E-state index < -0.39 is 46.2 Å². The molecule has 1 aliphatic rings. The molecule has 1 saturated heterocycles. The van der Waals surface area contributed by atoms with Gasteiger partial charge in [0.05, 0.1) is 12.7 Å². The maximum absolute atomic E-state index is 12.6. The number of nitrogens with zero attached hydrogens (tertiary/aromatic N) is 1. The Balaban J connectivity index is 1.57. The monoisotopic (exact) mass is 539 g/mol. The maximum Gasteiger partial charge on any atom is 0.335 e. The number of aromatic amines is 2. The van der Waals surface area contributed by atoms with Crippen LogP contribution >= 0.6 is 11.8 Å². The topological polar surface area (TPSA) is 203 Å². The summed E-state index contributed by atoms with van der Waals surface area (Å²) >= 11 is 0.950. The predicted molar refractivity (Wildman–Crippen MR) is 138 cm³/mol. The molecule has 0 radical (unpaired) electrons. The number of methoxy groups -OCH3 is 1. The van der Waals surface area contributed by atoms with Crippen LogP contribution in [0.4, 0.5) is 5.69 Å². The van der Waals surface area contributed by atoms with Crippen molar-refractivity contribution in [2.75, 3.05) is 12.4 Å². The van der Waals surface area contributed by atoms with Crippen molar-refractivity contribution < 1.29 is 29.3 Å². The average Bonchev–Trinajstić information content (AvgIpc) is 3.21. The fourth-order valence-corrected chi connectivity index (χ4v) is 4.65. The molecule has 2 aromatic carbocycles. The molecule has 13 nitrogen and oxygen atoms in total. The normalized spacial score (nSPS) is 16.6. The van der Waals surface area contributed by atoms with Gasteiger partial charge in [0.25, 0.3) is 5.56 Å². The molecule has 2 amide bonds. The summed E-state index contributed by atoms with van der Waals surface area (Å²) in [5.74, 6) is -2.33. The van der Waals surface area contributed by atoms with Crippen LogP contribution in [0.2, 0.25) is 0 Å². The zero-order valence-corrected chi connectivity index (χ0v) is 20.5. The smallest absolute Gasteiger partial charge is 0.335 e. The second kappa shape index (κ2) is 11.0. The van der Waals surface area contributed by atoms with Crippen molar-refractivity contribution in [2.24, 2.45) is 4.99 Å². The van der Waals surface area contributed by atoms with Crippen molar-refractivity contribution in [3.8, 4) is 11.6 Å². The number of carbonyl (C=O) groups excluding carboxylic acids is 2. The molecule has 4 rings (SSSR count). The highest BCUT2D eigenvalue weighted by Gasteiger charge is 2.34. The molecule has 1 fully saturated rings. The lowest BCUT2D eigenvalue weighted by Crippen LogP contribution is -2.29. The molecule has 0 bridgehead atoms. The number of nitrogens with one attached hydrogen (secondary N) is 4. The molecule has 2 heterocycles. The number of aliphatic imine (C=N–C) groups is 1. The van der Waals surface area contributed by atoms with E-state index >= 15 is 0 Å². The number of carbonyl (C=O) groups is 3. The standard InChI is InChI=1S/C24H21N5O8S/c1-37-14-7-5-11(6-8-14)18(17-20(32)27-23(36)28-21(17)33)26-24-29-19(31)15(38-24)10-16(30)25-13-4-2-3-12(9-13)22(34)35/h2-9,15,18H,10H2,1H3,(H,25,30)(H,34,35)(H,26,29,31)(H3,27,28,32,33,36)/t15-,18+/m1/s1. The molecule has 14 heteroatoms. The molecule has 1 aliphatic heterocycles. The number of carboxylic acids is 1. The number of rotatable bonds is 8. The second-order valence-electron chi connectivity index (χ2n) is 8.01. The van der Waals surface area contributed by atoms with Crippen LogP contribution in [0.25, 0.3) is 0 Å². The number of aromatic nitrogens is 2. The number of H-pyrrole nitrogens is 2. The van der Waals surface area contributed by atoms with Crippen molar-refractivity contribution in [3.63, 3.8) is 0 Å². The molecule has 0 aliphatic carbocycles. The lowest BCUT2D eigenvalue weighted by molar-refractivity contribution is -0.122. The van der Waals surface area contributed by atoms with Crippen LogP contribution in [0.1, 0.15) is 33.9 Å². The molecule has 1 aromatic heterocycles. The lowest BCUT2D eigenvalue weighted by atomic mass is 10.0. The van der Waals surface area contributed by atoms with E-state index in [1.165, 1.54) is 31.4 Å². The highest BCUT2D eigenvalue weighted by Crippen LogP contribution is 2.32. The van der Waals surface area contributed by atoms with Crippen LogP contribution in [-0.2, 0) is 9.59 Å². The minimum absolute atomic E-state index is 0.00438. The Kier molecular flexibility index (Phi) is 7.62. The quantitative estimate of drug-likeness (QED) is 0.243. The molecule has 0 spiro atoms. The van der Waals surface area contributed by atoms with Crippen molar-refractivity contribution >= 4 is 40.4 Å². The number of anilines is 1. The largest absolute Gasteiger partial charge is 0.497 e. The van der Waals surface area contributed by atoms with Crippen LogP contribution in [0.15, 0.2) is 63.1 Å². The highest BCUT2D eigenvalue weighted by atomic mass is 32.2. The molecule has 3 aromatic rings. The van der Waals surface area contributed by atoms with Gasteiger partial charge in [-0.3, -0.25) is 24.4 Å². The summed E-state index contributed by atoms with van der Waals surface area (Å²) in [6.07, 6.45) is -0.246. The van der Waals surface area contributed by atoms with Gasteiger partial charge in [0.2, 0.25) is 17.7 Å². The fraction of sp³-hybridized carbons (Fsp3) is 0.167. The first-order valence-electron chi connectivity index (χ1n) is 11.0. The molecular weight excluding hydrogens is 518 g/mol. The first kappa shape index (κ1) is 26.2. The van der Waals surface area contributed by atoms with E-state index in [0.717, 1.165) is 11.8 Å². The van der Waals surface area contributed by atoms with E-state index in [-0.39, 0.29) is 28.4 Å². The van der Waals surface area contributed by atoms with Gasteiger partial charge in [-0.1, -0.05) is 30.0 Å². The van der Waals surface area contributed by atoms with Crippen molar-refractivity contribution in [2.45, 2.75) is 17.7 Å². The summed E-state index contributed by atoms with van der Waals surface area (Å²) in [5, 5.41) is 23.8. The number of thioether (sulfide) groups is 1. The molecule has 2 atom stereocenters. The average molecular weight is 540 g/mol. The number of aromatic carboxylic acids is 1. The van der Waals surface area contributed by atoms with Gasteiger partial charge in [0.15, 0.2) is 5.17 Å². The SMILES string of the molecule is COc1ccc([C@H](N=C2NC(=O)[C@@H](CC(=O)Nc3cccc(C(=O)O)c3)S2)c2c(O)[nH]c(=O)[nH]c2=O)cc1. The summed E-state index contributed by atoms with van der Waals surface area (Å²) in [4.78, 5) is 69.0. The van der Waals surface area contributed by atoms with Crippen LogP contribution in [0, 0.1) is 0 Å². The molecule has 38 heavy (non-hydrogen) atoms. The van der Waals surface area contributed by atoms with Gasteiger partial charge >= 0.3 is 11.7 Å². The van der Waals surface area contributed by atoms with Crippen LogP contribution in [-0.4, -0.2) is 55.5 Å². The highest BCUT2D eigenvalue weighted by molar-refractivity contribution is 8.15. The Morgan fingerprint density at radius 1 is 1.13 bits per heavy atom. The number of benzene rings is 2. The van der Waals surface area contributed by atoms with E-state index in [1.54, 1.807) is 24.3 Å². The number of ether oxygens (including phenoxy) is 1. The first-order chi connectivity index (χ1) is 18.1. The van der Waals surface area contributed by atoms with Gasteiger partial charge in [0, 0.05) is 12.1 Å². The summed E-state index contributed by atoms with van der Waals surface area (Å²) < 4.78 is 5.15. The Bertz CT molecular complexity index is 1550. The molecular formula is C24H21N5O8S. The molecule has 0 unspecified atom stereocenters. The van der Waals surface area contributed by atoms with Crippen LogP contribution in [0.5, 0.6) is 11.6 Å². The van der Waals surface area contributed by atoms with E-state index in [1.807, 2.05) is 0 Å². The predicted octanol–water partition coefficient (Wildman–Crippen LogP) is 1.18. The van der Waals surface area contributed by atoms with Gasteiger partial charge in [-0.05, 0) is 35.9 Å². The minimum atomic E-state index is -1.15. The number of amidine groups is 1. The molecule has 6 N–H and O–H groups in total. The zero-order chi connectivity index (χ0) is 27.4. The van der Waals surface area contributed by atoms with Gasteiger partial charge < -0.3 is 25.6 Å². The van der Waals surface area contributed by atoms with E-state index in [0.29, 0.717) is 11.3 Å². The number of carboxylic acid groups (broad SMARTS) is 1. The van der Waals surface area contributed by atoms with Crippen LogP contribution in [0.3, 0.4) is 0 Å². The Hall–Kier alpha value is -4.85. The maximum atomic E-state index is 12.6. The number of amides is 2. The summed E-state index contributed by atoms with van der Waals surface area (Å²) in [7, 11) is 1.48. The number of aromatic hydroxyl groups is 1. The van der Waals surface area contributed by atoms with E-state index in [9.17, 15) is 29.1 Å². The summed E-state index contributed by atoms with van der Waals surface area (Å²) in [6, 6.07) is 11.0. The van der Waals surface area contributed by atoms with Gasteiger partial charge in [-0.15, -0.1) is 0 Å². The van der Waals surface area contributed by atoms with Gasteiger partial charge in [-0.25, -0.2) is 14.6 Å². The third kappa shape index (κ3) is 5.92. The van der Waals surface area contributed by atoms with Crippen molar-refractivity contribution in [3.05, 3.63) is 86.1 Å². The first-order valence-corrected chi connectivity index (χ1v) is 11.9. The Morgan fingerprint density at radius 3 is 2.53 bits per heavy atom. The molecule has 0 saturated carbocycles. The van der Waals surface area contributed by atoms with Crippen molar-refractivity contribution in [1.29, 1.82) is 0 Å². The Labute approximate surface area is 218 Å². The Morgan fingerprint density at radius 2 is 1.87 bits per heavy atom. The number of hydrogen-bond acceptors (Lipinski definition) is 9. The third-order valence-corrected chi connectivity index (χ3v) is 6.55.